The van der Waals surface area contributed by atoms with Crippen LogP contribution in [0.2, 0.25) is 0 Å². The molecule has 5 heteroatoms. The van der Waals surface area contributed by atoms with Gasteiger partial charge in [0.15, 0.2) is 0 Å². The summed E-state index contributed by atoms with van der Waals surface area (Å²) >= 11 is 0. The minimum atomic E-state index is -0.962. The van der Waals surface area contributed by atoms with Crippen LogP contribution < -0.4 is 5.32 Å². The zero-order valence-electron chi connectivity index (χ0n) is 9.18. The van der Waals surface area contributed by atoms with Gasteiger partial charge in [-0.1, -0.05) is 18.2 Å². The maximum absolute atomic E-state index is 11.2. The van der Waals surface area contributed by atoms with Crippen LogP contribution in [0.5, 0.6) is 0 Å². The summed E-state index contributed by atoms with van der Waals surface area (Å²) in [6.45, 7) is 0.777. The topological polar surface area (TPSA) is 75.6 Å². The number of ether oxygens (including phenoxy) is 1. The molecule has 0 aromatic heterocycles. The molecule has 1 aromatic carbocycles. The fourth-order valence-corrected chi connectivity index (χ4v) is 1.80. The molecule has 17 heavy (non-hydrogen) atoms. The molecular formula is C12H13NO4. The molecule has 90 valence electrons. The zero-order chi connectivity index (χ0) is 12.3. The Hall–Kier alpha value is -1.88. The maximum atomic E-state index is 11.2. The number of nitrogens with one attached hydrogen (secondary N) is 1. The molecule has 0 saturated carbocycles. The van der Waals surface area contributed by atoms with Crippen LogP contribution in [0.1, 0.15) is 22.3 Å². The van der Waals surface area contributed by atoms with Crippen molar-refractivity contribution in [3.63, 3.8) is 0 Å². The second-order valence-electron chi connectivity index (χ2n) is 3.85. The van der Waals surface area contributed by atoms with E-state index < -0.39 is 5.97 Å². The lowest BCUT2D eigenvalue weighted by Crippen LogP contribution is -2.32. The Balaban J connectivity index is 2.03. The van der Waals surface area contributed by atoms with Gasteiger partial charge in [0.25, 0.3) is 0 Å². The number of rotatable bonds is 4. The Kier molecular flexibility index (Phi) is 3.39. The molecule has 0 bridgehead atoms. The van der Waals surface area contributed by atoms with E-state index >= 15 is 0 Å². The molecule has 1 aromatic rings. The third-order valence-electron chi connectivity index (χ3n) is 2.72. The summed E-state index contributed by atoms with van der Waals surface area (Å²) in [5.41, 5.74) is 0.922. The van der Waals surface area contributed by atoms with Crippen molar-refractivity contribution in [2.45, 2.75) is 19.0 Å². The fraction of sp³-hybridized carbons (Fsp3) is 0.333. The van der Waals surface area contributed by atoms with E-state index in [0.29, 0.717) is 25.1 Å². The lowest BCUT2D eigenvalue weighted by atomic mass is 10.1. The third-order valence-corrected chi connectivity index (χ3v) is 2.72. The van der Waals surface area contributed by atoms with Crippen molar-refractivity contribution in [3.05, 3.63) is 35.4 Å². The molecule has 1 aliphatic heterocycles. The van der Waals surface area contributed by atoms with E-state index in [1.807, 2.05) is 0 Å². The first-order valence-corrected chi connectivity index (χ1v) is 5.39. The van der Waals surface area contributed by atoms with Crippen LogP contribution in [-0.4, -0.2) is 29.7 Å². The summed E-state index contributed by atoms with van der Waals surface area (Å²) in [6, 6.07) is 6.41. The van der Waals surface area contributed by atoms with Gasteiger partial charge in [0.2, 0.25) is 0 Å². The molecule has 5 nitrogen and oxygen atoms in total. The molecule has 1 fully saturated rings. The minimum Gasteiger partial charge on any atom is -0.478 e. The first-order valence-electron chi connectivity index (χ1n) is 5.39. The fourth-order valence-electron chi connectivity index (χ4n) is 1.80. The molecule has 0 amide bonds. The van der Waals surface area contributed by atoms with Gasteiger partial charge in [-0.05, 0) is 11.6 Å². The summed E-state index contributed by atoms with van der Waals surface area (Å²) < 4.78 is 4.81. The van der Waals surface area contributed by atoms with Crippen LogP contribution in [0, 0.1) is 0 Å². The molecule has 0 radical (unpaired) electrons. The number of carboxylic acids is 1. The minimum absolute atomic E-state index is 0.256. The van der Waals surface area contributed by atoms with E-state index in [0.717, 1.165) is 0 Å². The van der Waals surface area contributed by atoms with E-state index in [1.165, 1.54) is 0 Å². The summed E-state index contributed by atoms with van der Waals surface area (Å²) in [4.78, 5) is 22.2. The van der Waals surface area contributed by atoms with Gasteiger partial charge in [-0.3, -0.25) is 4.79 Å². The number of cyclic esters (lactones) is 1. The van der Waals surface area contributed by atoms with Crippen LogP contribution in [0.3, 0.4) is 0 Å². The third kappa shape index (κ3) is 2.62. The normalized spacial score (nSPS) is 19.1. The molecule has 1 heterocycles. The number of aromatic carboxylic acids is 1. The van der Waals surface area contributed by atoms with Gasteiger partial charge < -0.3 is 15.2 Å². The van der Waals surface area contributed by atoms with E-state index in [4.69, 9.17) is 9.84 Å². The van der Waals surface area contributed by atoms with Gasteiger partial charge in [-0.2, -0.15) is 0 Å². The highest BCUT2D eigenvalue weighted by Gasteiger charge is 2.25. The first kappa shape index (κ1) is 11.6. The van der Waals surface area contributed by atoms with E-state index in [1.54, 1.807) is 24.3 Å². The van der Waals surface area contributed by atoms with Gasteiger partial charge >= 0.3 is 11.9 Å². The Morgan fingerprint density at radius 3 is 2.88 bits per heavy atom. The van der Waals surface area contributed by atoms with Crippen molar-refractivity contribution in [2.24, 2.45) is 0 Å². The van der Waals surface area contributed by atoms with Gasteiger partial charge in [0.1, 0.15) is 6.04 Å². The Morgan fingerprint density at radius 1 is 1.47 bits per heavy atom. The summed E-state index contributed by atoms with van der Waals surface area (Å²) in [7, 11) is 0. The molecule has 0 spiro atoms. The number of carbonyl (C=O) groups excluding carboxylic acids is 1. The standard InChI is InChI=1S/C12H13NO4/c14-11(15)9-4-2-1-3-8(9)7-13-10-5-6-17-12(10)16/h1-4,10,13H,5-7H2,(H,14,15). The average Bonchev–Trinajstić information content (AvgIpc) is 2.72. The monoisotopic (exact) mass is 235 g/mol. The Labute approximate surface area is 98.4 Å². The average molecular weight is 235 g/mol. The van der Waals surface area contributed by atoms with Gasteiger partial charge in [-0.25, -0.2) is 4.79 Å². The van der Waals surface area contributed by atoms with Crippen molar-refractivity contribution in [3.8, 4) is 0 Å². The zero-order valence-corrected chi connectivity index (χ0v) is 9.18. The van der Waals surface area contributed by atoms with E-state index in [9.17, 15) is 9.59 Å². The van der Waals surface area contributed by atoms with Crippen LogP contribution in [0.25, 0.3) is 0 Å². The Bertz CT molecular complexity index is 444. The van der Waals surface area contributed by atoms with Crippen LogP contribution in [0.15, 0.2) is 24.3 Å². The molecular weight excluding hydrogens is 222 g/mol. The number of carbonyl (C=O) groups is 2. The quantitative estimate of drug-likeness (QED) is 0.754. The second-order valence-corrected chi connectivity index (χ2v) is 3.85. The Morgan fingerprint density at radius 2 is 2.24 bits per heavy atom. The lowest BCUT2D eigenvalue weighted by molar-refractivity contribution is -0.139. The molecule has 1 saturated heterocycles. The summed E-state index contributed by atoms with van der Waals surface area (Å²) in [5, 5.41) is 12.0. The number of benzene rings is 1. The summed E-state index contributed by atoms with van der Waals surface area (Å²) in [5.74, 6) is -1.23. The van der Waals surface area contributed by atoms with Gasteiger partial charge in [0.05, 0.1) is 12.2 Å². The van der Waals surface area contributed by atoms with E-state index in [-0.39, 0.29) is 17.6 Å². The molecule has 2 rings (SSSR count). The molecule has 2 N–H and O–H groups in total. The largest absolute Gasteiger partial charge is 0.478 e. The van der Waals surface area contributed by atoms with Crippen molar-refractivity contribution in [1.29, 1.82) is 0 Å². The number of esters is 1. The highest BCUT2D eigenvalue weighted by atomic mass is 16.5. The molecule has 0 aliphatic carbocycles. The second kappa shape index (κ2) is 4.97. The van der Waals surface area contributed by atoms with Crippen LogP contribution in [0.4, 0.5) is 0 Å². The van der Waals surface area contributed by atoms with Crippen molar-refractivity contribution in [1.82, 2.24) is 5.32 Å². The van der Waals surface area contributed by atoms with Gasteiger partial charge in [-0.15, -0.1) is 0 Å². The van der Waals surface area contributed by atoms with Gasteiger partial charge in [0, 0.05) is 13.0 Å². The predicted octanol–water partition coefficient (Wildman–Crippen LogP) is 0.790. The molecule has 1 unspecified atom stereocenters. The lowest BCUT2D eigenvalue weighted by Gasteiger charge is -2.10. The number of hydrogen-bond donors (Lipinski definition) is 2. The van der Waals surface area contributed by atoms with Crippen molar-refractivity contribution < 1.29 is 19.4 Å². The smallest absolute Gasteiger partial charge is 0.336 e. The van der Waals surface area contributed by atoms with Crippen LogP contribution >= 0.6 is 0 Å². The highest BCUT2D eigenvalue weighted by Crippen LogP contribution is 2.11. The molecule has 1 aliphatic rings. The first-order chi connectivity index (χ1) is 8.18. The number of hydrogen-bond acceptors (Lipinski definition) is 4. The predicted molar refractivity (Wildman–Crippen MR) is 59.6 cm³/mol. The maximum Gasteiger partial charge on any atom is 0.336 e. The highest BCUT2D eigenvalue weighted by molar-refractivity contribution is 5.89. The SMILES string of the molecule is O=C(O)c1ccccc1CNC1CCOC1=O. The molecule has 1 atom stereocenters. The van der Waals surface area contributed by atoms with Crippen LogP contribution in [-0.2, 0) is 16.1 Å². The number of carboxylic acid groups (broad SMARTS) is 1. The van der Waals surface area contributed by atoms with E-state index in [2.05, 4.69) is 5.32 Å². The summed E-state index contributed by atoms with van der Waals surface area (Å²) in [6.07, 6.45) is 0.633. The van der Waals surface area contributed by atoms with Crippen molar-refractivity contribution in [2.75, 3.05) is 6.61 Å². The van der Waals surface area contributed by atoms with Crippen molar-refractivity contribution >= 4 is 11.9 Å².